The summed E-state index contributed by atoms with van der Waals surface area (Å²) in [5.74, 6) is -0.238. The first-order valence-corrected chi connectivity index (χ1v) is 8.94. The van der Waals surface area contributed by atoms with E-state index in [1.54, 1.807) is 18.2 Å². The molecule has 0 aromatic heterocycles. The van der Waals surface area contributed by atoms with Gasteiger partial charge in [0.05, 0.1) is 11.0 Å². The lowest BCUT2D eigenvalue weighted by atomic mass is 10.2. The van der Waals surface area contributed by atoms with Crippen LogP contribution in [0.2, 0.25) is 0 Å². The van der Waals surface area contributed by atoms with Crippen molar-refractivity contribution >= 4 is 15.9 Å². The first kappa shape index (κ1) is 17.9. The molecule has 1 amide bonds. The molecule has 0 radical (unpaired) electrons. The Morgan fingerprint density at radius 3 is 2.65 bits per heavy atom. The highest BCUT2D eigenvalue weighted by Gasteiger charge is 2.30. The molecule has 23 heavy (non-hydrogen) atoms. The number of rotatable bonds is 6. The Morgan fingerprint density at radius 1 is 1.35 bits per heavy atom. The van der Waals surface area contributed by atoms with Crippen molar-refractivity contribution < 1.29 is 17.9 Å². The van der Waals surface area contributed by atoms with Crippen molar-refractivity contribution in [2.75, 3.05) is 20.6 Å². The van der Waals surface area contributed by atoms with Gasteiger partial charge in [0.2, 0.25) is 15.9 Å². The molecule has 1 saturated heterocycles. The quantitative estimate of drug-likeness (QED) is 0.762. The largest absolute Gasteiger partial charge is 0.364 e. The van der Waals surface area contributed by atoms with Gasteiger partial charge < -0.3 is 15.8 Å². The number of benzene rings is 1. The summed E-state index contributed by atoms with van der Waals surface area (Å²) in [6.45, 7) is 0.531. The highest BCUT2D eigenvalue weighted by atomic mass is 32.2. The van der Waals surface area contributed by atoms with Crippen LogP contribution in [-0.4, -0.2) is 51.5 Å². The molecular formula is C15H23N3O4S. The minimum atomic E-state index is -3.55. The summed E-state index contributed by atoms with van der Waals surface area (Å²) in [7, 11) is -0.601. The van der Waals surface area contributed by atoms with Crippen LogP contribution in [0.25, 0.3) is 0 Å². The number of sulfonamides is 1. The predicted octanol–water partition coefficient (Wildman–Crippen LogP) is 0.0594. The van der Waals surface area contributed by atoms with Crippen LogP contribution in [0.15, 0.2) is 29.2 Å². The van der Waals surface area contributed by atoms with Gasteiger partial charge in [0.1, 0.15) is 6.10 Å². The smallest absolute Gasteiger partial charge is 0.249 e. The maximum absolute atomic E-state index is 12.3. The summed E-state index contributed by atoms with van der Waals surface area (Å²) >= 11 is 0. The molecule has 1 aliphatic rings. The Bertz CT molecular complexity index is 660. The number of ether oxygens (including phenoxy) is 1. The molecule has 2 rings (SSSR count). The molecule has 0 unspecified atom stereocenters. The van der Waals surface area contributed by atoms with E-state index in [9.17, 15) is 13.2 Å². The molecule has 7 nitrogen and oxygen atoms in total. The summed E-state index contributed by atoms with van der Waals surface area (Å²) in [6, 6.07) is 6.63. The van der Waals surface area contributed by atoms with E-state index in [0.29, 0.717) is 18.5 Å². The first-order valence-electron chi connectivity index (χ1n) is 7.50. The van der Waals surface area contributed by atoms with Crippen molar-refractivity contribution in [1.82, 2.24) is 9.62 Å². The SMILES string of the molecule is CN(C)S(=O)(=O)c1ccccc1CNC(=O)[C@@H]1CC[C@H](CN)O1. The van der Waals surface area contributed by atoms with E-state index in [0.717, 1.165) is 10.7 Å². The van der Waals surface area contributed by atoms with Crippen LogP contribution in [-0.2, 0) is 26.1 Å². The van der Waals surface area contributed by atoms with E-state index < -0.39 is 16.1 Å². The van der Waals surface area contributed by atoms with E-state index >= 15 is 0 Å². The van der Waals surface area contributed by atoms with Crippen LogP contribution in [0.5, 0.6) is 0 Å². The third-order valence-electron chi connectivity index (χ3n) is 3.85. The van der Waals surface area contributed by atoms with Gasteiger partial charge in [-0.25, -0.2) is 12.7 Å². The topological polar surface area (TPSA) is 102 Å². The van der Waals surface area contributed by atoms with E-state index in [-0.39, 0.29) is 23.5 Å². The van der Waals surface area contributed by atoms with E-state index in [1.807, 2.05) is 0 Å². The van der Waals surface area contributed by atoms with Gasteiger partial charge in [0, 0.05) is 27.2 Å². The molecule has 8 heteroatoms. The number of nitrogens with one attached hydrogen (secondary N) is 1. The fourth-order valence-electron chi connectivity index (χ4n) is 2.47. The van der Waals surface area contributed by atoms with E-state index in [2.05, 4.69) is 5.32 Å². The molecular weight excluding hydrogens is 318 g/mol. The molecule has 1 aromatic carbocycles. The van der Waals surface area contributed by atoms with Crippen LogP contribution in [0.1, 0.15) is 18.4 Å². The third-order valence-corrected chi connectivity index (χ3v) is 5.76. The predicted molar refractivity (Wildman–Crippen MR) is 86.1 cm³/mol. The molecule has 0 aliphatic carbocycles. The van der Waals surface area contributed by atoms with Crippen LogP contribution < -0.4 is 11.1 Å². The van der Waals surface area contributed by atoms with Gasteiger partial charge in [-0.05, 0) is 24.5 Å². The minimum absolute atomic E-state index is 0.0767. The molecule has 1 aliphatic heterocycles. The second-order valence-electron chi connectivity index (χ2n) is 5.67. The van der Waals surface area contributed by atoms with Crippen molar-refractivity contribution in [2.24, 2.45) is 5.73 Å². The summed E-state index contributed by atoms with van der Waals surface area (Å²) in [6.07, 6.45) is 0.805. The summed E-state index contributed by atoms with van der Waals surface area (Å²) in [5, 5.41) is 2.75. The maximum Gasteiger partial charge on any atom is 0.249 e. The number of amides is 1. The lowest BCUT2D eigenvalue weighted by Gasteiger charge is -2.16. The van der Waals surface area contributed by atoms with Crippen molar-refractivity contribution in [3.8, 4) is 0 Å². The van der Waals surface area contributed by atoms with Crippen molar-refractivity contribution in [1.29, 1.82) is 0 Å². The number of nitrogens with zero attached hydrogens (tertiary/aromatic N) is 1. The monoisotopic (exact) mass is 341 g/mol. The molecule has 1 fully saturated rings. The van der Waals surface area contributed by atoms with Crippen molar-refractivity contribution in [2.45, 2.75) is 36.5 Å². The van der Waals surface area contributed by atoms with Crippen molar-refractivity contribution in [3.63, 3.8) is 0 Å². The fraction of sp³-hybridized carbons (Fsp3) is 0.533. The number of carbonyl (C=O) groups is 1. The minimum Gasteiger partial charge on any atom is -0.364 e. The van der Waals surface area contributed by atoms with Gasteiger partial charge in [-0.2, -0.15) is 0 Å². The highest BCUT2D eigenvalue weighted by molar-refractivity contribution is 7.89. The van der Waals surface area contributed by atoms with Gasteiger partial charge in [-0.3, -0.25) is 4.79 Å². The maximum atomic E-state index is 12.3. The molecule has 128 valence electrons. The van der Waals surface area contributed by atoms with E-state index in [1.165, 1.54) is 20.2 Å². The van der Waals surface area contributed by atoms with Crippen molar-refractivity contribution in [3.05, 3.63) is 29.8 Å². The number of nitrogens with two attached hydrogens (primary N) is 1. The van der Waals surface area contributed by atoms with E-state index in [4.69, 9.17) is 10.5 Å². The fourth-order valence-corrected chi connectivity index (χ4v) is 3.58. The van der Waals surface area contributed by atoms with Gasteiger partial charge in [0.25, 0.3) is 0 Å². The van der Waals surface area contributed by atoms with Crippen LogP contribution in [0.4, 0.5) is 0 Å². The number of carbonyl (C=O) groups excluding carboxylic acids is 1. The van der Waals surface area contributed by atoms with Crippen LogP contribution >= 0.6 is 0 Å². The van der Waals surface area contributed by atoms with Crippen LogP contribution in [0, 0.1) is 0 Å². The zero-order chi connectivity index (χ0) is 17.0. The summed E-state index contributed by atoms with van der Waals surface area (Å²) in [5.41, 5.74) is 6.07. The second kappa shape index (κ2) is 7.39. The van der Waals surface area contributed by atoms with Gasteiger partial charge in [-0.1, -0.05) is 18.2 Å². The molecule has 3 N–H and O–H groups in total. The average molecular weight is 341 g/mol. The molecule has 1 heterocycles. The Kier molecular flexibility index (Phi) is 5.74. The number of hydrogen-bond donors (Lipinski definition) is 2. The zero-order valence-electron chi connectivity index (χ0n) is 13.4. The van der Waals surface area contributed by atoms with Gasteiger partial charge >= 0.3 is 0 Å². The van der Waals surface area contributed by atoms with Gasteiger partial charge in [0.15, 0.2) is 0 Å². The molecule has 0 bridgehead atoms. The molecule has 1 aromatic rings. The zero-order valence-corrected chi connectivity index (χ0v) is 14.2. The normalized spacial score (nSPS) is 21.6. The Hall–Kier alpha value is -1.48. The highest BCUT2D eigenvalue weighted by Crippen LogP contribution is 2.20. The van der Waals surface area contributed by atoms with Crippen LogP contribution in [0.3, 0.4) is 0 Å². The summed E-state index contributed by atoms with van der Waals surface area (Å²) in [4.78, 5) is 12.3. The third kappa shape index (κ3) is 4.08. The first-order chi connectivity index (χ1) is 10.9. The Labute approximate surface area is 136 Å². The second-order valence-corrected chi connectivity index (χ2v) is 7.79. The molecule has 0 spiro atoms. The molecule has 2 atom stereocenters. The lowest BCUT2D eigenvalue weighted by molar-refractivity contribution is -0.132. The van der Waals surface area contributed by atoms with Gasteiger partial charge in [-0.15, -0.1) is 0 Å². The Morgan fingerprint density at radius 2 is 2.04 bits per heavy atom. The average Bonchev–Trinajstić information content (AvgIpc) is 3.01. The number of hydrogen-bond acceptors (Lipinski definition) is 5. The summed E-state index contributed by atoms with van der Waals surface area (Å²) < 4.78 is 31.3. The molecule has 0 saturated carbocycles. The Balaban J connectivity index is 2.06. The lowest BCUT2D eigenvalue weighted by Crippen LogP contribution is -2.35. The standard InChI is InChI=1S/C15H23N3O4S/c1-18(2)23(20,21)14-6-4-3-5-11(14)10-17-15(19)13-8-7-12(9-16)22-13/h3-6,12-13H,7-10,16H2,1-2H3,(H,17,19)/t12-,13+/m1/s1.